The highest BCUT2D eigenvalue weighted by Gasteiger charge is 2.54. The Morgan fingerprint density at radius 2 is 1.37 bits per heavy atom. The molecule has 10 heteroatoms. The molecule has 2 unspecified atom stereocenters. The minimum atomic E-state index is -0.789. The van der Waals surface area contributed by atoms with Gasteiger partial charge in [-0.2, -0.15) is 0 Å². The third kappa shape index (κ3) is 10.2. The SMILES string of the molecule is CC(C)(C)OC(=O)N1CCC(C(=O)O)(C2(C)C=CCCC2)CC1.CC1=CC(OC(=O)C2CCN(C(=O)OC(C)(C)C)CC2)CCC1. The van der Waals surface area contributed by atoms with Gasteiger partial charge in [-0.15, -0.1) is 0 Å². The molecule has 4 aliphatic rings. The molecule has 2 heterocycles. The largest absolute Gasteiger partial charge is 0.481 e. The minimum Gasteiger partial charge on any atom is -0.481 e. The normalized spacial score (nSPS) is 25.4. The van der Waals surface area contributed by atoms with Gasteiger partial charge < -0.3 is 29.1 Å². The van der Waals surface area contributed by atoms with E-state index in [-0.39, 0.29) is 35.6 Å². The number of aliphatic carboxylic acids is 1. The number of rotatable bonds is 4. The summed E-state index contributed by atoms with van der Waals surface area (Å²) < 4.78 is 16.4. The number of nitrogens with zero attached hydrogens (tertiary/aromatic N) is 2. The number of amides is 2. The van der Waals surface area contributed by atoms with Crippen LogP contribution < -0.4 is 0 Å². The van der Waals surface area contributed by atoms with Crippen molar-refractivity contribution in [3.05, 3.63) is 23.8 Å². The summed E-state index contributed by atoms with van der Waals surface area (Å²) in [6.07, 6.45) is 13.8. The predicted molar refractivity (Wildman–Crippen MR) is 176 cm³/mol. The third-order valence-electron chi connectivity index (χ3n) is 9.60. The van der Waals surface area contributed by atoms with E-state index in [1.807, 2.05) is 41.5 Å². The molecule has 2 aliphatic heterocycles. The highest BCUT2D eigenvalue weighted by Crippen LogP contribution is 2.53. The zero-order valence-electron chi connectivity index (χ0n) is 29.5. The summed E-state index contributed by atoms with van der Waals surface area (Å²) in [4.78, 5) is 51.9. The average Bonchev–Trinajstić information content (AvgIpc) is 2.96. The van der Waals surface area contributed by atoms with Gasteiger partial charge in [-0.05, 0) is 119 Å². The maximum Gasteiger partial charge on any atom is 0.410 e. The number of carboxylic acid groups (broad SMARTS) is 1. The van der Waals surface area contributed by atoms with Gasteiger partial charge in [0.25, 0.3) is 0 Å². The van der Waals surface area contributed by atoms with E-state index < -0.39 is 22.6 Å². The maximum absolute atomic E-state index is 12.3. The fourth-order valence-corrected chi connectivity index (χ4v) is 6.87. The molecular formula is C36H58N2O8. The van der Waals surface area contributed by atoms with Crippen molar-refractivity contribution < 1.29 is 38.5 Å². The summed E-state index contributed by atoms with van der Waals surface area (Å²) in [7, 11) is 0. The van der Waals surface area contributed by atoms with Gasteiger partial charge in [0.2, 0.25) is 0 Å². The number of allylic oxidation sites excluding steroid dienone is 3. The van der Waals surface area contributed by atoms with E-state index in [1.165, 1.54) is 5.57 Å². The molecule has 2 amide bonds. The standard InChI is InChI=1S/2C18H29NO4/c1-13-6-5-7-15(12-13)22-16(20)14-8-10-19(11-9-14)17(21)23-18(2,3)4;1-16(2,3)23-15(22)19-12-10-18(11-13-19,14(20)21)17(4)8-6-5-7-9-17/h12,14-15H,5-11H2,1-4H3;6,8H,5,7,9-13H2,1-4H3,(H,20,21). The van der Waals surface area contributed by atoms with Crippen LogP contribution in [-0.4, -0.2) is 82.5 Å². The maximum atomic E-state index is 12.3. The summed E-state index contributed by atoms with van der Waals surface area (Å²) in [5.41, 5.74) is -0.845. The van der Waals surface area contributed by atoms with Crippen molar-refractivity contribution in [1.29, 1.82) is 0 Å². The monoisotopic (exact) mass is 646 g/mol. The number of carbonyl (C=O) groups excluding carboxylic acids is 3. The van der Waals surface area contributed by atoms with Crippen LogP contribution in [0, 0.1) is 16.7 Å². The molecule has 1 N–H and O–H groups in total. The Morgan fingerprint density at radius 1 is 0.826 bits per heavy atom. The van der Waals surface area contributed by atoms with Gasteiger partial charge in [-0.1, -0.05) is 24.6 Å². The second kappa shape index (κ2) is 15.2. The van der Waals surface area contributed by atoms with Crippen LogP contribution in [0.3, 0.4) is 0 Å². The number of piperidine rings is 2. The first-order valence-electron chi connectivity index (χ1n) is 17.1. The van der Waals surface area contributed by atoms with Crippen LogP contribution in [0.25, 0.3) is 0 Å². The topological polar surface area (TPSA) is 123 Å². The van der Waals surface area contributed by atoms with Gasteiger partial charge >= 0.3 is 24.1 Å². The van der Waals surface area contributed by atoms with Gasteiger partial charge in [0.05, 0.1) is 11.3 Å². The molecule has 0 aromatic heterocycles. The Balaban J connectivity index is 0.000000250. The lowest BCUT2D eigenvalue weighted by Crippen LogP contribution is -2.54. The zero-order valence-corrected chi connectivity index (χ0v) is 29.5. The van der Waals surface area contributed by atoms with Gasteiger partial charge in [-0.3, -0.25) is 9.59 Å². The number of likely N-dealkylation sites (tertiary alicyclic amines) is 2. The number of ether oxygens (including phenoxy) is 3. The van der Waals surface area contributed by atoms with Crippen molar-refractivity contribution in [3.8, 4) is 0 Å². The zero-order chi connectivity index (χ0) is 34.3. The fourth-order valence-electron chi connectivity index (χ4n) is 6.87. The van der Waals surface area contributed by atoms with E-state index in [0.717, 1.165) is 38.5 Å². The number of carboxylic acids is 1. The quantitative estimate of drug-likeness (QED) is 0.189. The van der Waals surface area contributed by atoms with Crippen molar-refractivity contribution >= 4 is 24.1 Å². The van der Waals surface area contributed by atoms with Crippen LogP contribution in [0.4, 0.5) is 9.59 Å². The Labute approximate surface area is 275 Å². The second-order valence-electron chi connectivity index (χ2n) is 15.7. The highest BCUT2D eigenvalue weighted by molar-refractivity contribution is 5.77. The smallest absolute Gasteiger partial charge is 0.410 e. The molecule has 4 rings (SSSR count). The van der Waals surface area contributed by atoms with Crippen molar-refractivity contribution in [2.75, 3.05) is 26.2 Å². The summed E-state index contributed by atoms with van der Waals surface area (Å²) in [5, 5.41) is 9.95. The number of hydrogen-bond acceptors (Lipinski definition) is 7. The molecular weight excluding hydrogens is 588 g/mol. The minimum absolute atomic E-state index is 0.0693. The molecule has 2 fully saturated rings. The molecule has 0 aromatic carbocycles. The number of hydrogen-bond donors (Lipinski definition) is 1. The van der Waals surface area contributed by atoms with E-state index in [4.69, 9.17) is 14.2 Å². The molecule has 46 heavy (non-hydrogen) atoms. The molecule has 0 bridgehead atoms. The van der Waals surface area contributed by atoms with Crippen molar-refractivity contribution in [2.45, 2.75) is 137 Å². The third-order valence-corrected chi connectivity index (χ3v) is 9.60. The Morgan fingerprint density at radius 3 is 1.83 bits per heavy atom. The molecule has 0 saturated carbocycles. The average molecular weight is 647 g/mol. The van der Waals surface area contributed by atoms with E-state index in [9.17, 15) is 24.3 Å². The molecule has 260 valence electrons. The van der Waals surface area contributed by atoms with Crippen LogP contribution in [-0.2, 0) is 23.8 Å². The molecule has 2 aliphatic carbocycles. The van der Waals surface area contributed by atoms with Crippen LogP contribution >= 0.6 is 0 Å². The predicted octanol–water partition coefficient (Wildman–Crippen LogP) is 7.51. The lowest BCUT2D eigenvalue weighted by Gasteiger charge is -2.49. The Hall–Kier alpha value is -3.04. The van der Waals surface area contributed by atoms with E-state index in [0.29, 0.717) is 51.9 Å². The molecule has 0 spiro atoms. The van der Waals surface area contributed by atoms with Crippen LogP contribution in [0.15, 0.2) is 23.8 Å². The number of esters is 1. The first kappa shape index (κ1) is 37.4. The summed E-state index contributed by atoms with van der Waals surface area (Å²) in [5.74, 6) is -0.968. The van der Waals surface area contributed by atoms with E-state index >= 15 is 0 Å². The fraction of sp³-hybridized carbons (Fsp3) is 0.778. The molecule has 10 nitrogen and oxygen atoms in total. The summed E-state index contributed by atoms with van der Waals surface area (Å²) in [6, 6.07) is 0. The molecule has 2 saturated heterocycles. The van der Waals surface area contributed by atoms with Gasteiger partial charge in [-0.25, -0.2) is 9.59 Å². The van der Waals surface area contributed by atoms with Gasteiger partial charge in [0.1, 0.15) is 17.3 Å². The first-order valence-corrected chi connectivity index (χ1v) is 17.1. The highest BCUT2D eigenvalue weighted by atomic mass is 16.6. The first-order chi connectivity index (χ1) is 21.3. The van der Waals surface area contributed by atoms with Crippen molar-refractivity contribution in [2.24, 2.45) is 16.7 Å². The number of carbonyl (C=O) groups is 4. The lowest BCUT2D eigenvalue weighted by molar-refractivity contribution is -0.161. The molecule has 0 radical (unpaired) electrons. The molecule has 2 atom stereocenters. The van der Waals surface area contributed by atoms with Crippen molar-refractivity contribution in [1.82, 2.24) is 9.80 Å². The van der Waals surface area contributed by atoms with E-state index in [2.05, 4.69) is 32.1 Å². The van der Waals surface area contributed by atoms with Gasteiger partial charge in [0.15, 0.2) is 0 Å². The van der Waals surface area contributed by atoms with Crippen LogP contribution in [0.1, 0.15) is 120 Å². The Bertz CT molecular complexity index is 1150. The van der Waals surface area contributed by atoms with Crippen LogP contribution in [0.5, 0.6) is 0 Å². The van der Waals surface area contributed by atoms with Gasteiger partial charge in [0, 0.05) is 31.6 Å². The summed E-state index contributed by atoms with van der Waals surface area (Å²) >= 11 is 0. The van der Waals surface area contributed by atoms with Crippen molar-refractivity contribution in [3.63, 3.8) is 0 Å². The lowest BCUT2D eigenvalue weighted by atomic mass is 9.56. The van der Waals surface area contributed by atoms with Crippen LogP contribution in [0.2, 0.25) is 0 Å². The van der Waals surface area contributed by atoms with E-state index in [1.54, 1.807) is 9.80 Å². The second-order valence-corrected chi connectivity index (χ2v) is 15.7. The Kier molecular flexibility index (Phi) is 12.4. The molecule has 0 aromatic rings. The summed E-state index contributed by atoms with van der Waals surface area (Å²) in [6.45, 7) is 17.2.